The second kappa shape index (κ2) is 3.46. The lowest BCUT2D eigenvalue weighted by atomic mass is 10.1. The van der Waals surface area contributed by atoms with Gasteiger partial charge in [0.25, 0.3) is 0 Å². The molecule has 0 heterocycles. The van der Waals surface area contributed by atoms with Gasteiger partial charge >= 0.3 is 0 Å². The second-order valence-electron chi connectivity index (χ2n) is 4.44. The summed E-state index contributed by atoms with van der Waals surface area (Å²) in [7, 11) is -3.47. The van der Waals surface area contributed by atoms with Gasteiger partial charge in [-0.25, -0.2) is 8.42 Å². The van der Waals surface area contributed by atoms with Crippen molar-refractivity contribution in [2.24, 2.45) is 0 Å². The molecule has 2 rings (SSSR count). The first-order valence-electron chi connectivity index (χ1n) is 5.05. The number of aliphatic hydroxyl groups is 1. The number of benzene rings is 1. The number of phenolic OH excluding ortho intramolecular Hbond substituents is 1. The molecule has 1 aromatic rings. The molecule has 0 saturated heterocycles. The molecule has 1 aliphatic rings. The predicted molar refractivity (Wildman–Crippen MR) is 59.1 cm³/mol. The van der Waals surface area contributed by atoms with Gasteiger partial charge in [0.2, 0.25) is 0 Å². The quantitative estimate of drug-likeness (QED) is 0.824. The monoisotopic (exact) mass is 242 g/mol. The van der Waals surface area contributed by atoms with E-state index in [1.807, 2.05) is 0 Å². The normalized spacial score (nSPS) is 18.4. The summed E-state index contributed by atoms with van der Waals surface area (Å²) in [6, 6.07) is 4.56. The van der Waals surface area contributed by atoms with Crippen LogP contribution in [0.15, 0.2) is 23.1 Å². The van der Waals surface area contributed by atoms with Gasteiger partial charge in [0.15, 0.2) is 9.84 Å². The Kier molecular flexibility index (Phi) is 2.47. The number of aromatic hydroxyl groups is 1. The maximum Gasteiger partial charge on any atom is 0.179 e. The van der Waals surface area contributed by atoms with E-state index in [0.717, 1.165) is 6.26 Å². The molecule has 1 saturated carbocycles. The Bertz CT molecular complexity index is 515. The molecule has 1 aliphatic carbocycles. The second-order valence-corrected chi connectivity index (χ2v) is 6.39. The SMILES string of the molecule is CS(=O)(=O)c1c(O)cccc1CC1(O)CC1. The third kappa shape index (κ3) is 2.20. The van der Waals surface area contributed by atoms with Crippen LogP contribution in [0.2, 0.25) is 0 Å². The summed E-state index contributed by atoms with van der Waals surface area (Å²) in [6.07, 6.45) is 2.71. The lowest BCUT2D eigenvalue weighted by molar-refractivity contribution is 0.150. The van der Waals surface area contributed by atoms with Gasteiger partial charge in [0, 0.05) is 12.7 Å². The minimum absolute atomic E-state index is 0.0599. The maximum atomic E-state index is 11.5. The Labute approximate surface area is 94.5 Å². The van der Waals surface area contributed by atoms with E-state index in [1.165, 1.54) is 6.07 Å². The lowest BCUT2D eigenvalue weighted by Crippen LogP contribution is -2.14. The lowest BCUT2D eigenvalue weighted by Gasteiger charge is -2.12. The van der Waals surface area contributed by atoms with Crippen molar-refractivity contribution in [2.45, 2.75) is 29.8 Å². The predicted octanol–water partition coefficient (Wildman–Crippen LogP) is 0.863. The zero-order valence-corrected chi connectivity index (χ0v) is 9.79. The summed E-state index contributed by atoms with van der Waals surface area (Å²) >= 11 is 0. The van der Waals surface area contributed by atoms with Gasteiger partial charge in [-0.05, 0) is 24.5 Å². The van der Waals surface area contributed by atoms with Gasteiger partial charge in [0.1, 0.15) is 10.6 Å². The van der Waals surface area contributed by atoms with Gasteiger partial charge < -0.3 is 10.2 Å². The fraction of sp³-hybridized carbons (Fsp3) is 0.455. The maximum absolute atomic E-state index is 11.5. The summed E-state index contributed by atoms with van der Waals surface area (Å²) in [5, 5.41) is 19.4. The topological polar surface area (TPSA) is 74.6 Å². The molecule has 1 fully saturated rings. The van der Waals surface area contributed by atoms with E-state index >= 15 is 0 Å². The van der Waals surface area contributed by atoms with E-state index in [1.54, 1.807) is 12.1 Å². The molecule has 0 aromatic heterocycles. The van der Waals surface area contributed by atoms with Crippen LogP contribution in [0.4, 0.5) is 0 Å². The van der Waals surface area contributed by atoms with Crippen molar-refractivity contribution in [3.63, 3.8) is 0 Å². The van der Waals surface area contributed by atoms with E-state index in [-0.39, 0.29) is 17.1 Å². The highest BCUT2D eigenvalue weighted by Crippen LogP contribution is 2.40. The van der Waals surface area contributed by atoms with Crippen LogP contribution in [0, 0.1) is 0 Å². The highest BCUT2D eigenvalue weighted by molar-refractivity contribution is 7.90. The molecule has 0 spiro atoms. The van der Waals surface area contributed by atoms with Crippen molar-refractivity contribution in [3.05, 3.63) is 23.8 Å². The molecule has 0 aliphatic heterocycles. The Morgan fingerprint density at radius 1 is 1.38 bits per heavy atom. The highest BCUT2D eigenvalue weighted by atomic mass is 32.2. The standard InChI is InChI=1S/C11H14O4S/c1-16(14,15)10-8(3-2-4-9(10)12)7-11(13)5-6-11/h2-4,12-13H,5-7H2,1H3. The van der Waals surface area contributed by atoms with E-state index in [2.05, 4.69) is 0 Å². The molecule has 0 atom stereocenters. The zero-order chi connectivity index (χ0) is 12.0. The van der Waals surface area contributed by atoms with Crippen molar-refractivity contribution in [1.82, 2.24) is 0 Å². The largest absolute Gasteiger partial charge is 0.507 e. The van der Waals surface area contributed by atoms with Crippen molar-refractivity contribution >= 4 is 9.84 Å². The van der Waals surface area contributed by atoms with E-state index < -0.39 is 15.4 Å². The third-order valence-corrected chi connectivity index (χ3v) is 4.01. The fourth-order valence-corrected chi connectivity index (χ4v) is 2.88. The molecular weight excluding hydrogens is 228 g/mol. The Hall–Kier alpha value is -1.07. The van der Waals surface area contributed by atoms with E-state index in [0.29, 0.717) is 18.4 Å². The fourth-order valence-electron chi connectivity index (χ4n) is 1.81. The average molecular weight is 242 g/mol. The molecule has 88 valence electrons. The van der Waals surface area contributed by atoms with Gasteiger partial charge in [-0.3, -0.25) is 0 Å². The molecular formula is C11H14O4S. The van der Waals surface area contributed by atoms with Crippen LogP contribution in [0.3, 0.4) is 0 Å². The molecule has 0 radical (unpaired) electrons. The minimum Gasteiger partial charge on any atom is -0.507 e. The summed E-state index contributed by atoms with van der Waals surface area (Å²) < 4.78 is 23.1. The first kappa shape index (κ1) is 11.4. The number of phenols is 1. The Balaban J connectivity index is 2.48. The summed E-state index contributed by atoms with van der Waals surface area (Å²) in [5.41, 5.74) is -0.282. The molecule has 2 N–H and O–H groups in total. The van der Waals surface area contributed by atoms with Crippen LogP contribution in [0.25, 0.3) is 0 Å². The van der Waals surface area contributed by atoms with E-state index in [9.17, 15) is 18.6 Å². The first-order valence-corrected chi connectivity index (χ1v) is 6.94. The van der Waals surface area contributed by atoms with Crippen LogP contribution < -0.4 is 0 Å². The summed E-state index contributed by atoms with van der Waals surface area (Å²) in [4.78, 5) is -0.0599. The summed E-state index contributed by atoms with van der Waals surface area (Å²) in [5.74, 6) is -0.246. The van der Waals surface area contributed by atoms with Gasteiger partial charge in [-0.1, -0.05) is 12.1 Å². The van der Waals surface area contributed by atoms with Crippen molar-refractivity contribution in [1.29, 1.82) is 0 Å². The number of rotatable bonds is 3. The molecule has 0 bridgehead atoms. The average Bonchev–Trinajstić information content (AvgIpc) is 2.80. The number of hydrogen-bond acceptors (Lipinski definition) is 4. The first-order chi connectivity index (χ1) is 7.32. The van der Waals surface area contributed by atoms with Crippen LogP contribution >= 0.6 is 0 Å². The van der Waals surface area contributed by atoms with Crippen molar-refractivity contribution < 1.29 is 18.6 Å². The smallest absolute Gasteiger partial charge is 0.179 e. The highest BCUT2D eigenvalue weighted by Gasteiger charge is 2.41. The Morgan fingerprint density at radius 2 is 2.00 bits per heavy atom. The summed E-state index contributed by atoms with van der Waals surface area (Å²) in [6.45, 7) is 0. The van der Waals surface area contributed by atoms with Crippen LogP contribution in [0.1, 0.15) is 18.4 Å². The molecule has 1 aromatic carbocycles. The van der Waals surface area contributed by atoms with Gasteiger partial charge in [-0.2, -0.15) is 0 Å². The zero-order valence-electron chi connectivity index (χ0n) is 8.97. The molecule has 0 unspecified atom stereocenters. The van der Waals surface area contributed by atoms with Crippen LogP contribution in [-0.4, -0.2) is 30.5 Å². The molecule has 0 amide bonds. The van der Waals surface area contributed by atoms with Gasteiger partial charge in [-0.15, -0.1) is 0 Å². The molecule has 5 heteroatoms. The number of hydrogen-bond donors (Lipinski definition) is 2. The Morgan fingerprint density at radius 3 is 2.50 bits per heavy atom. The van der Waals surface area contributed by atoms with Gasteiger partial charge in [0.05, 0.1) is 5.60 Å². The van der Waals surface area contributed by atoms with E-state index in [4.69, 9.17) is 0 Å². The van der Waals surface area contributed by atoms with Crippen molar-refractivity contribution in [3.8, 4) is 5.75 Å². The van der Waals surface area contributed by atoms with Crippen LogP contribution in [0.5, 0.6) is 5.75 Å². The van der Waals surface area contributed by atoms with Crippen molar-refractivity contribution in [2.75, 3.05) is 6.26 Å². The third-order valence-electron chi connectivity index (χ3n) is 2.79. The molecule has 4 nitrogen and oxygen atoms in total. The molecule has 16 heavy (non-hydrogen) atoms. The van der Waals surface area contributed by atoms with Crippen LogP contribution in [-0.2, 0) is 16.3 Å². The number of sulfone groups is 1. The minimum atomic E-state index is -3.47.